The van der Waals surface area contributed by atoms with Gasteiger partial charge in [-0.3, -0.25) is 0 Å². The molecule has 0 N–H and O–H groups in total. The Morgan fingerprint density at radius 1 is 1.00 bits per heavy atom. The molecule has 0 spiro atoms. The van der Waals surface area contributed by atoms with Crippen molar-refractivity contribution in [1.82, 2.24) is 4.98 Å². The van der Waals surface area contributed by atoms with Crippen LogP contribution in [0.15, 0.2) is 42.5 Å². The van der Waals surface area contributed by atoms with Crippen LogP contribution in [0.3, 0.4) is 0 Å². The van der Waals surface area contributed by atoms with E-state index in [0.717, 1.165) is 27.6 Å². The molecule has 0 aliphatic heterocycles. The lowest BCUT2D eigenvalue weighted by Crippen LogP contribution is -1.89. The zero-order chi connectivity index (χ0) is 14.7. The Hall–Kier alpha value is -2.33. The number of fused-ring (bicyclic) bond motifs is 1. The Morgan fingerprint density at radius 2 is 1.86 bits per heavy atom. The summed E-state index contributed by atoms with van der Waals surface area (Å²) in [4.78, 5) is 4.59. The van der Waals surface area contributed by atoms with Gasteiger partial charge in [-0.2, -0.15) is 0 Å². The van der Waals surface area contributed by atoms with E-state index in [-0.39, 0.29) is 0 Å². The van der Waals surface area contributed by atoms with Crippen LogP contribution < -0.4 is 9.47 Å². The third-order valence-electron chi connectivity index (χ3n) is 3.15. The van der Waals surface area contributed by atoms with E-state index in [0.29, 0.717) is 0 Å². The lowest BCUT2D eigenvalue weighted by molar-refractivity contribution is 0.402. The van der Waals surface area contributed by atoms with Crippen LogP contribution in [0.5, 0.6) is 11.5 Å². The normalized spacial score (nSPS) is 11.1. The van der Waals surface area contributed by atoms with E-state index in [4.69, 9.17) is 9.47 Å². The first-order valence-electron chi connectivity index (χ1n) is 6.56. The lowest BCUT2D eigenvalue weighted by atomic mass is 10.1. The standard InChI is InChI=1S/C17H15NO2S/c1-19-13-8-9-15(20-2)12(11-13)7-10-17-18-14-5-3-4-6-16(14)21-17/h3-11H,1-2H3. The molecular formula is C17H15NO2S. The van der Waals surface area contributed by atoms with E-state index < -0.39 is 0 Å². The summed E-state index contributed by atoms with van der Waals surface area (Å²) in [6, 6.07) is 13.9. The first-order valence-corrected chi connectivity index (χ1v) is 7.37. The topological polar surface area (TPSA) is 31.4 Å². The van der Waals surface area contributed by atoms with Gasteiger partial charge >= 0.3 is 0 Å². The molecule has 0 bridgehead atoms. The van der Waals surface area contributed by atoms with Crippen molar-refractivity contribution in [1.29, 1.82) is 0 Å². The van der Waals surface area contributed by atoms with Crippen molar-refractivity contribution in [3.63, 3.8) is 0 Å². The molecule has 3 aromatic rings. The highest BCUT2D eigenvalue weighted by atomic mass is 32.1. The van der Waals surface area contributed by atoms with Crippen LogP contribution in [0.2, 0.25) is 0 Å². The monoisotopic (exact) mass is 297 g/mol. The Kier molecular flexibility index (Phi) is 3.88. The molecule has 106 valence electrons. The predicted molar refractivity (Wildman–Crippen MR) is 88.1 cm³/mol. The molecule has 0 atom stereocenters. The van der Waals surface area contributed by atoms with Crippen molar-refractivity contribution >= 4 is 33.7 Å². The minimum absolute atomic E-state index is 0.805. The third kappa shape index (κ3) is 2.90. The van der Waals surface area contributed by atoms with Gasteiger partial charge in [0.25, 0.3) is 0 Å². The van der Waals surface area contributed by atoms with Gasteiger partial charge < -0.3 is 9.47 Å². The summed E-state index contributed by atoms with van der Waals surface area (Å²) in [6.07, 6.45) is 4.00. The van der Waals surface area contributed by atoms with Gasteiger partial charge in [-0.15, -0.1) is 11.3 Å². The fourth-order valence-corrected chi connectivity index (χ4v) is 2.96. The number of hydrogen-bond acceptors (Lipinski definition) is 4. The van der Waals surface area contributed by atoms with E-state index in [1.54, 1.807) is 25.6 Å². The molecule has 0 radical (unpaired) electrons. The zero-order valence-corrected chi connectivity index (χ0v) is 12.7. The number of benzene rings is 2. The number of para-hydroxylation sites is 1. The van der Waals surface area contributed by atoms with Crippen LogP contribution >= 0.6 is 11.3 Å². The van der Waals surface area contributed by atoms with Crippen molar-refractivity contribution in [3.8, 4) is 11.5 Å². The van der Waals surface area contributed by atoms with Crippen LogP contribution in [0.4, 0.5) is 0 Å². The predicted octanol–water partition coefficient (Wildman–Crippen LogP) is 4.48. The van der Waals surface area contributed by atoms with Gasteiger partial charge in [0.05, 0.1) is 24.4 Å². The largest absolute Gasteiger partial charge is 0.497 e. The molecule has 0 amide bonds. The maximum Gasteiger partial charge on any atom is 0.126 e. The lowest BCUT2D eigenvalue weighted by Gasteiger charge is -2.06. The summed E-state index contributed by atoms with van der Waals surface area (Å²) in [5.74, 6) is 1.62. The molecular weight excluding hydrogens is 282 g/mol. The molecule has 3 nitrogen and oxygen atoms in total. The second kappa shape index (κ2) is 5.97. The fourth-order valence-electron chi connectivity index (χ4n) is 2.09. The molecule has 21 heavy (non-hydrogen) atoms. The number of hydrogen-bond donors (Lipinski definition) is 0. The van der Waals surface area contributed by atoms with Crippen molar-refractivity contribution in [2.75, 3.05) is 14.2 Å². The van der Waals surface area contributed by atoms with Crippen molar-refractivity contribution in [2.24, 2.45) is 0 Å². The highest BCUT2D eigenvalue weighted by Crippen LogP contribution is 2.27. The molecule has 2 aromatic carbocycles. The molecule has 1 heterocycles. The summed E-state index contributed by atoms with van der Waals surface area (Å²) >= 11 is 1.67. The number of aromatic nitrogens is 1. The smallest absolute Gasteiger partial charge is 0.126 e. The van der Waals surface area contributed by atoms with Gasteiger partial charge in [0.2, 0.25) is 0 Å². The summed E-state index contributed by atoms with van der Waals surface area (Å²) in [5, 5.41) is 0.973. The van der Waals surface area contributed by atoms with E-state index in [1.165, 1.54) is 4.70 Å². The molecule has 0 saturated carbocycles. The Balaban J connectivity index is 1.94. The summed E-state index contributed by atoms with van der Waals surface area (Å²) in [6.45, 7) is 0. The van der Waals surface area contributed by atoms with E-state index in [2.05, 4.69) is 11.1 Å². The molecule has 0 aliphatic rings. The summed E-state index contributed by atoms with van der Waals surface area (Å²) < 4.78 is 11.8. The van der Waals surface area contributed by atoms with Gasteiger partial charge in [-0.25, -0.2) is 4.98 Å². The number of rotatable bonds is 4. The van der Waals surface area contributed by atoms with Gasteiger partial charge in [-0.05, 0) is 42.5 Å². The molecule has 3 rings (SSSR count). The SMILES string of the molecule is COc1ccc(OC)c(C=Cc2nc3ccccc3s2)c1. The van der Waals surface area contributed by atoms with E-state index in [1.807, 2.05) is 48.6 Å². The molecule has 0 saturated heterocycles. The second-order valence-electron chi connectivity index (χ2n) is 4.46. The van der Waals surface area contributed by atoms with Crippen LogP contribution in [-0.2, 0) is 0 Å². The van der Waals surface area contributed by atoms with Crippen molar-refractivity contribution in [3.05, 3.63) is 53.0 Å². The molecule has 0 aliphatic carbocycles. The maximum absolute atomic E-state index is 5.37. The number of methoxy groups -OCH3 is 2. The Labute approximate surface area is 127 Å². The van der Waals surface area contributed by atoms with Crippen molar-refractivity contribution < 1.29 is 9.47 Å². The highest BCUT2D eigenvalue weighted by molar-refractivity contribution is 7.19. The van der Waals surface area contributed by atoms with E-state index in [9.17, 15) is 0 Å². The van der Waals surface area contributed by atoms with Gasteiger partial charge in [0, 0.05) is 5.56 Å². The van der Waals surface area contributed by atoms with Gasteiger partial charge in [0.15, 0.2) is 0 Å². The fraction of sp³-hybridized carbons (Fsp3) is 0.118. The number of thiazole rings is 1. The molecule has 4 heteroatoms. The minimum atomic E-state index is 0.805. The number of nitrogens with zero attached hydrogens (tertiary/aromatic N) is 1. The molecule has 0 unspecified atom stereocenters. The summed E-state index contributed by atoms with van der Waals surface area (Å²) in [7, 11) is 3.32. The third-order valence-corrected chi connectivity index (χ3v) is 4.15. The van der Waals surface area contributed by atoms with Crippen LogP contribution in [0.1, 0.15) is 10.6 Å². The van der Waals surface area contributed by atoms with Crippen LogP contribution in [0.25, 0.3) is 22.4 Å². The average Bonchev–Trinajstić information content (AvgIpc) is 2.95. The second-order valence-corrected chi connectivity index (χ2v) is 5.52. The Bertz CT molecular complexity index is 759. The Morgan fingerprint density at radius 3 is 2.62 bits per heavy atom. The van der Waals surface area contributed by atoms with Crippen LogP contribution in [-0.4, -0.2) is 19.2 Å². The highest BCUT2D eigenvalue weighted by Gasteiger charge is 2.03. The maximum atomic E-state index is 5.37. The van der Waals surface area contributed by atoms with Crippen LogP contribution in [0, 0.1) is 0 Å². The molecule has 1 aromatic heterocycles. The van der Waals surface area contributed by atoms with Gasteiger partial charge in [-0.1, -0.05) is 12.1 Å². The average molecular weight is 297 g/mol. The first kappa shape index (κ1) is 13.6. The van der Waals surface area contributed by atoms with E-state index >= 15 is 0 Å². The minimum Gasteiger partial charge on any atom is -0.497 e. The van der Waals surface area contributed by atoms with Crippen molar-refractivity contribution in [2.45, 2.75) is 0 Å². The van der Waals surface area contributed by atoms with Gasteiger partial charge in [0.1, 0.15) is 16.5 Å². The quantitative estimate of drug-likeness (QED) is 0.711. The summed E-state index contributed by atoms with van der Waals surface area (Å²) in [5.41, 5.74) is 2.00. The number of ether oxygens (including phenoxy) is 2. The molecule has 0 fully saturated rings. The zero-order valence-electron chi connectivity index (χ0n) is 11.9. The first-order chi connectivity index (χ1) is 10.3.